The maximum atomic E-state index is 13.1. The van der Waals surface area contributed by atoms with Crippen LogP contribution < -0.4 is 4.72 Å². The van der Waals surface area contributed by atoms with Crippen molar-refractivity contribution in [1.82, 2.24) is 9.88 Å². The molecule has 1 N–H and O–H groups in total. The number of benzene rings is 1. The number of halogens is 5. The number of aromatic nitrogens is 1. The third-order valence-electron chi connectivity index (χ3n) is 4.56. The standard InChI is InChI=1S/C19H18Cl2F3N3O4S/c1-10-8-27(9-11(2)31-10)18(28)17-16(5-12(20)7-25-17)26-32(29,30)13-3-4-15(21)14(6-13)19(22,23)24/h3-7,10-11,26H,8-9H2,1-2H3. The minimum Gasteiger partial charge on any atom is -0.372 e. The van der Waals surface area contributed by atoms with Crippen molar-refractivity contribution in [2.24, 2.45) is 0 Å². The van der Waals surface area contributed by atoms with E-state index >= 15 is 0 Å². The highest BCUT2D eigenvalue weighted by atomic mass is 35.5. The lowest BCUT2D eigenvalue weighted by atomic mass is 10.2. The summed E-state index contributed by atoms with van der Waals surface area (Å²) in [6.45, 7) is 4.08. The van der Waals surface area contributed by atoms with E-state index < -0.39 is 37.6 Å². The van der Waals surface area contributed by atoms with Gasteiger partial charge in [0, 0.05) is 19.3 Å². The van der Waals surface area contributed by atoms with Gasteiger partial charge in [-0.25, -0.2) is 13.4 Å². The summed E-state index contributed by atoms with van der Waals surface area (Å²) in [5.74, 6) is -0.576. The van der Waals surface area contributed by atoms with Crippen LogP contribution in [0, 0.1) is 0 Å². The Hall–Kier alpha value is -2.08. The van der Waals surface area contributed by atoms with E-state index in [2.05, 4.69) is 9.71 Å². The van der Waals surface area contributed by atoms with Crippen molar-refractivity contribution in [2.75, 3.05) is 17.8 Å². The highest BCUT2D eigenvalue weighted by molar-refractivity contribution is 7.92. The van der Waals surface area contributed by atoms with E-state index in [1.165, 1.54) is 11.1 Å². The van der Waals surface area contributed by atoms with Crippen molar-refractivity contribution in [3.05, 3.63) is 51.8 Å². The number of sulfonamides is 1. The second kappa shape index (κ2) is 9.05. The van der Waals surface area contributed by atoms with Crippen LogP contribution in [0.5, 0.6) is 0 Å². The van der Waals surface area contributed by atoms with Crippen LogP contribution in [0.25, 0.3) is 0 Å². The van der Waals surface area contributed by atoms with Crippen molar-refractivity contribution in [1.29, 1.82) is 0 Å². The van der Waals surface area contributed by atoms with E-state index in [9.17, 15) is 26.4 Å². The molecule has 0 saturated carbocycles. The van der Waals surface area contributed by atoms with Crippen LogP contribution in [0.4, 0.5) is 18.9 Å². The number of nitrogens with one attached hydrogen (secondary N) is 1. The molecule has 0 bridgehead atoms. The van der Waals surface area contributed by atoms with Gasteiger partial charge in [-0.05, 0) is 38.1 Å². The zero-order valence-corrected chi connectivity index (χ0v) is 19.1. The van der Waals surface area contributed by atoms with Gasteiger partial charge >= 0.3 is 6.18 Å². The summed E-state index contributed by atoms with van der Waals surface area (Å²) in [6.07, 6.45) is -4.18. The van der Waals surface area contributed by atoms with Crippen LogP contribution in [0.1, 0.15) is 29.9 Å². The minimum atomic E-state index is -4.86. The predicted molar refractivity (Wildman–Crippen MR) is 112 cm³/mol. The molecule has 2 atom stereocenters. The lowest BCUT2D eigenvalue weighted by Crippen LogP contribution is -2.48. The fraction of sp³-hybridized carbons (Fsp3) is 0.368. The SMILES string of the molecule is CC1CN(C(=O)c2ncc(Cl)cc2NS(=O)(=O)c2ccc(Cl)c(C(F)(F)F)c2)CC(C)O1. The average molecular weight is 512 g/mol. The van der Waals surface area contributed by atoms with Crippen LogP contribution in [0.2, 0.25) is 10.0 Å². The van der Waals surface area contributed by atoms with Gasteiger partial charge < -0.3 is 9.64 Å². The molecule has 1 amide bonds. The molecule has 1 fully saturated rings. The second-order valence-electron chi connectivity index (χ2n) is 7.26. The third kappa shape index (κ3) is 5.45. The molecule has 174 valence electrons. The second-order valence-corrected chi connectivity index (χ2v) is 9.79. The van der Waals surface area contributed by atoms with Gasteiger partial charge in [0.15, 0.2) is 5.69 Å². The monoisotopic (exact) mass is 511 g/mol. The maximum Gasteiger partial charge on any atom is 0.417 e. The van der Waals surface area contributed by atoms with Gasteiger partial charge in [0.25, 0.3) is 15.9 Å². The highest BCUT2D eigenvalue weighted by Crippen LogP contribution is 2.36. The summed E-state index contributed by atoms with van der Waals surface area (Å²) < 4.78 is 72.8. The lowest BCUT2D eigenvalue weighted by molar-refractivity contribution is -0.137. The van der Waals surface area contributed by atoms with Crippen LogP contribution >= 0.6 is 23.2 Å². The number of carbonyl (C=O) groups excluding carboxylic acids is 1. The van der Waals surface area contributed by atoms with E-state index in [4.69, 9.17) is 27.9 Å². The summed E-state index contributed by atoms with van der Waals surface area (Å²) in [5.41, 5.74) is -1.82. The number of hydrogen-bond acceptors (Lipinski definition) is 5. The first-order valence-electron chi connectivity index (χ1n) is 9.28. The van der Waals surface area contributed by atoms with E-state index in [0.717, 1.165) is 18.2 Å². The van der Waals surface area contributed by atoms with Crippen LogP contribution in [-0.4, -0.2) is 49.5 Å². The molecule has 7 nitrogen and oxygen atoms in total. The van der Waals surface area contributed by atoms with Gasteiger partial charge in [-0.1, -0.05) is 23.2 Å². The number of morpholine rings is 1. The normalized spacial score (nSPS) is 19.7. The van der Waals surface area contributed by atoms with Gasteiger partial charge in [0.2, 0.25) is 0 Å². The number of hydrogen-bond donors (Lipinski definition) is 1. The Kier molecular flexibility index (Phi) is 6.94. The van der Waals surface area contributed by atoms with Crippen molar-refractivity contribution in [3.8, 4) is 0 Å². The molecule has 2 heterocycles. The molecule has 32 heavy (non-hydrogen) atoms. The van der Waals surface area contributed by atoms with Crippen molar-refractivity contribution in [3.63, 3.8) is 0 Å². The first-order chi connectivity index (χ1) is 14.8. The molecule has 1 aliphatic rings. The fourth-order valence-electron chi connectivity index (χ4n) is 3.27. The van der Waals surface area contributed by atoms with E-state index in [0.29, 0.717) is 6.07 Å². The van der Waals surface area contributed by atoms with Crippen LogP contribution in [0.15, 0.2) is 35.4 Å². The molecule has 3 rings (SSSR count). The largest absolute Gasteiger partial charge is 0.417 e. The Labute approximate surface area is 192 Å². The Morgan fingerprint density at radius 2 is 1.81 bits per heavy atom. The van der Waals surface area contributed by atoms with Gasteiger partial charge in [0.1, 0.15) is 0 Å². The highest BCUT2D eigenvalue weighted by Gasteiger charge is 2.35. The lowest BCUT2D eigenvalue weighted by Gasteiger charge is -2.35. The number of alkyl halides is 3. The molecular weight excluding hydrogens is 494 g/mol. The maximum absolute atomic E-state index is 13.1. The molecule has 0 radical (unpaired) electrons. The van der Waals surface area contributed by atoms with E-state index in [1.807, 2.05) is 0 Å². The number of anilines is 1. The molecule has 13 heteroatoms. The predicted octanol–water partition coefficient (Wildman–Crippen LogP) is 4.46. The van der Waals surface area contributed by atoms with Crippen molar-refractivity contribution in [2.45, 2.75) is 37.1 Å². The molecule has 0 spiro atoms. The van der Waals surface area contributed by atoms with E-state index in [-0.39, 0.29) is 41.7 Å². The first kappa shape index (κ1) is 24.6. The number of ether oxygens (including phenoxy) is 1. The number of pyridine rings is 1. The summed E-state index contributed by atoms with van der Waals surface area (Å²) in [5, 5.41) is -0.623. The first-order valence-corrected chi connectivity index (χ1v) is 11.5. The molecule has 1 aromatic carbocycles. The fourth-order valence-corrected chi connectivity index (χ4v) is 4.74. The third-order valence-corrected chi connectivity index (χ3v) is 6.46. The Morgan fingerprint density at radius 3 is 2.41 bits per heavy atom. The van der Waals surface area contributed by atoms with E-state index in [1.54, 1.807) is 13.8 Å². The topological polar surface area (TPSA) is 88.6 Å². The van der Waals surface area contributed by atoms with Crippen LogP contribution in [0.3, 0.4) is 0 Å². The molecule has 1 saturated heterocycles. The Balaban J connectivity index is 1.97. The van der Waals surface area contributed by atoms with Crippen molar-refractivity contribution >= 4 is 44.8 Å². The zero-order chi connectivity index (χ0) is 23.8. The number of amides is 1. The number of nitrogens with zero attached hydrogens (tertiary/aromatic N) is 2. The Morgan fingerprint density at radius 1 is 1.19 bits per heavy atom. The zero-order valence-electron chi connectivity index (χ0n) is 16.8. The molecular formula is C19H18Cl2F3N3O4S. The van der Waals surface area contributed by atoms with Gasteiger partial charge in [-0.15, -0.1) is 0 Å². The summed E-state index contributed by atoms with van der Waals surface area (Å²) in [4.78, 5) is 17.8. The van der Waals surface area contributed by atoms with Crippen LogP contribution in [-0.2, 0) is 20.9 Å². The Bertz CT molecular complexity index is 1140. The summed E-state index contributed by atoms with van der Waals surface area (Å²) in [6, 6.07) is 3.32. The quantitative estimate of drug-likeness (QED) is 0.654. The molecule has 2 unspecified atom stereocenters. The smallest absolute Gasteiger partial charge is 0.372 e. The molecule has 2 aromatic rings. The average Bonchev–Trinajstić information content (AvgIpc) is 2.66. The molecule has 0 aliphatic carbocycles. The van der Waals surface area contributed by atoms with Gasteiger partial charge in [-0.2, -0.15) is 13.2 Å². The molecule has 1 aliphatic heterocycles. The minimum absolute atomic E-state index is 0.0232. The number of rotatable bonds is 4. The summed E-state index contributed by atoms with van der Waals surface area (Å²) >= 11 is 11.5. The van der Waals surface area contributed by atoms with Crippen molar-refractivity contribution < 1.29 is 31.1 Å². The molecule has 1 aromatic heterocycles. The van der Waals surface area contributed by atoms with Gasteiger partial charge in [0.05, 0.1) is 38.4 Å². The van der Waals surface area contributed by atoms with Gasteiger partial charge in [-0.3, -0.25) is 9.52 Å². The summed E-state index contributed by atoms with van der Waals surface area (Å²) in [7, 11) is -4.54. The number of carbonyl (C=O) groups is 1.